The summed E-state index contributed by atoms with van der Waals surface area (Å²) >= 11 is 0. The molecular formula is C15H30N4O4S2. The van der Waals surface area contributed by atoms with Crippen LogP contribution in [0.4, 0.5) is 0 Å². The van der Waals surface area contributed by atoms with Crippen LogP contribution in [0.2, 0.25) is 0 Å². The summed E-state index contributed by atoms with van der Waals surface area (Å²) in [6.45, 7) is 6.19. The highest BCUT2D eigenvalue weighted by Gasteiger charge is 2.41. The number of piperidine rings is 1. The van der Waals surface area contributed by atoms with Gasteiger partial charge in [0.15, 0.2) is 15.8 Å². The van der Waals surface area contributed by atoms with Gasteiger partial charge >= 0.3 is 0 Å². The molecule has 8 nitrogen and oxygen atoms in total. The van der Waals surface area contributed by atoms with E-state index in [0.717, 1.165) is 12.8 Å². The zero-order chi connectivity index (χ0) is 18.9. The first-order chi connectivity index (χ1) is 11.5. The third-order valence-corrected chi connectivity index (χ3v) is 8.98. The van der Waals surface area contributed by atoms with Crippen molar-refractivity contribution in [2.45, 2.75) is 31.4 Å². The normalized spacial score (nSPS) is 25.8. The number of hydrogen-bond acceptors (Lipinski definition) is 5. The van der Waals surface area contributed by atoms with Crippen LogP contribution in [0.15, 0.2) is 4.99 Å². The highest BCUT2D eigenvalue weighted by molar-refractivity contribution is 7.92. The van der Waals surface area contributed by atoms with E-state index in [2.05, 4.69) is 10.3 Å². The topological polar surface area (TPSA) is 99.2 Å². The lowest BCUT2D eigenvalue weighted by Gasteiger charge is -2.39. The minimum Gasteiger partial charge on any atom is -0.356 e. The van der Waals surface area contributed by atoms with Crippen molar-refractivity contribution >= 4 is 25.8 Å². The van der Waals surface area contributed by atoms with Gasteiger partial charge in [0.05, 0.1) is 16.8 Å². The molecule has 0 saturated carbocycles. The maximum absolute atomic E-state index is 12.1. The molecule has 2 rings (SSSR count). The summed E-state index contributed by atoms with van der Waals surface area (Å²) in [5.41, 5.74) is 0. The van der Waals surface area contributed by atoms with Crippen LogP contribution in [-0.2, 0) is 19.9 Å². The van der Waals surface area contributed by atoms with E-state index in [0.29, 0.717) is 44.6 Å². The van der Waals surface area contributed by atoms with Gasteiger partial charge in [-0.2, -0.15) is 0 Å². The largest absolute Gasteiger partial charge is 0.356 e. The fourth-order valence-electron chi connectivity index (χ4n) is 3.34. The van der Waals surface area contributed by atoms with Gasteiger partial charge in [0, 0.05) is 39.8 Å². The quantitative estimate of drug-likeness (QED) is 0.523. The standard InChI is InChI=1S/C15H30N4O4S2/c1-15(2)12-18(9-10-25(15,22)23)14(16-3)17-11-13-5-7-19(8-6-13)24(4,20)21/h13H,5-12H2,1-4H3,(H,16,17). The predicted octanol–water partition coefficient (Wildman–Crippen LogP) is -0.258. The Balaban J connectivity index is 1.88. The second-order valence-corrected chi connectivity index (χ2v) is 12.3. The smallest absolute Gasteiger partial charge is 0.211 e. The van der Waals surface area contributed by atoms with Crippen LogP contribution in [0, 0.1) is 5.92 Å². The molecule has 146 valence electrons. The third kappa shape index (κ3) is 4.85. The number of nitrogens with zero attached hydrogens (tertiary/aromatic N) is 3. The van der Waals surface area contributed by atoms with Gasteiger partial charge < -0.3 is 10.2 Å². The van der Waals surface area contributed by atoms with Crippen LogP contribution < -0.4 is 5.32 Å². The first-order valence-electron chi connectivity index (χ1n) is 8.59. The Morgan fingerprint density at radius 2 is 1.84 bits per heavy atom. The predicted molar refractivity (Wildman–Crippen MR) is 99.9 cm³/mol. The molecular weight excluding hydrogens is 364 g/mol. The summed E-state index contributed by atoms with van der Waals surface area (Å²) in [5.74, 6) is 1.23. The molecule has 0 aromatic carbocycles. The van der Waals surface area contributed by atoms with Crippen molar-refractivity contribution in [2.24, 2.45) is 10.9 Å². The lowest BCUT2D eigenvalue weighted by Crippen LogP contribution is -2.57. The molecule has 2 heterocycles. The van der Waals surface area contributed by atoms with Crippen molar-refractivity contribution in [3.05, 3.63) is 0 Å². The Hall–Kier alpha value is -0.870. The number of guanidine groups is 1. The number of rotatable bonds is 3. The van der Waals surface area contributed by atoms with Crippen molar-refractivity contribution in [2.75, 3.05) is 51.8 Å². The van der Waals surface area contributed by atoms with Crippen molar-refractivity contribution in [3.8, 4) is 0 Å². The van der Waals surface area contributed by atoms with Crippen LogP contribution in [-0.4, -0.2) is 88.5 Å². The molecule has 0 bridgehead atoms. The Morgan fingerprint density at radius 1 is 1.24 bits per heavy atom. The van der Waals surface area contributed by atoms with Gasteiger partial charge in [0.2, 0.25) is 10.0 Å². The van der Waals surface area contributed by atoms with Crippen LogP contribution in [0.5, 0.6) is 0 Å². The zero-order valence-corrected chi connectivity index (χ0v) is 17.2. The SMILES string of the molecule is CN=C(NCC1CCN(S(C)(=O)=O)CC1)N1CCS(=O)(=O)C(C)(C)C1. The molecule has 0 aliphatic carbocycles. The Kier molecular flexibility index (Phi) is 6.05. The summed E-state index contributed by atoms with van der Waals surface area (Å²) in [5, 5.41) is 3.34. The molecule has 0 amide bonds. The van der Waals surface area contributed by atoms with Crippen molar-refractivity contribution in [3.63, 3.8) is 0 Å². The highest BCUT2D eigenvalue weighted by atomic mass is 32.2. The fourth-order valence-corrected chi connectivity index (χ4v) is 5.58. The number of sulfone groups is 1. The van der Waals surface area contributed by atoms with Gasteiger partial charge in [0.1, 0.15) is 0 Å². The second kappa shape index (κ2) is 7.40. The van der Waals surface area contributed by atoms with Crippen LogP contribution >= 0.6 is 0 Å². The van der Waals surface area contributed by atoms with E-state index < -0.39 is 24.6 Å². The molecule has 0 aromatic rings. The van der Waals surface area contributed by atoms with E-state index in [-0.39, 0.29) is 5.75 Å². The first-order valence-corrected chi connectivity index (χ1v) is 12.1. The Labute approximate surface area is 151 Å². The lowest BCUT2D eigenvalue weighted by atomic mass is 9.98. The van der Waals surface area contributed by atoms with E-state index in [4.69, 9.17) is 0 Å². The van der Waals surface area contributed by atoms with Crippen LogP contribution in [0.1, 0.15) is 26.7 Å². The monoisotopic (exact) mass is 394 g/mol. The van der Waals surface area contributed by atoms with Crippen LogP contribution in [0.3, 0.4) is 0 Å². The average Bonchev–Trinajstić information content (AvgIpc) is 2.51. The molecule has 0 spiro atoms. The molecule has 0 unspecified atom stereocenters. The maximum atomic E-state index is 12.1. The molecule has 2 fully saturated rings. The van der Waals surface area contributed by atoms with E-state index in [1.54, 1.807) is 20.9 Å². The number of nitrogens with one attached hydrogen (secondary N) is 1. The zero-order valence-electron chi connectivity index (χ0n) is 15.5. The summed E-state index contributed by atoms with van der Waals surface area (Å²) in [6, 6.07) is 0. The van der Waals surface area contributed by atoms with E-state index in [9.17, 15) is 16.8 Å². The molecule has 25 heavy (non-hydrogen) atoms. The van der Waals surface area contributed by atoms with Gasteiger partial charge in [-0.15, -0.1) is 0 Å². The maximum Gasteiger partial charge on any atom is 0.211 e. The van der Waals surface area contributed by atoms with Gasteiger partial charge in [-0.25, -0.2) is 21.1 Å². The van der Waals surface area contributed by atoms with Gasteiger partial charge in [-0.05, 0) is 32.6 Å². The van der Waals surface area contributed by atoms with E-state index in [1.165, 1.54) is 10.6 Å². The average molecular weight is 395 g/mol. The molecule has 2 aliphatic rings. The fraction of sp³-hybridized carbons (Fsp3) is 0.933. The first kappa shape index (κ1) is 20.4. The summed E-state index contributed by atoms with van der Waals surface area (Å²) in [4.78, 5) is 6.29. The van der Waals surface area contributed by atoms with Crippen LogP contribution in [0.25, 0.3) is 0 Å². The van der Waals surface area contributed by atoms with E-state index >= 15 is 0 Å². The lowest BCUT2D eigenvalue weighted by molar-refractivity contribution is 0.271. The second-order valence-electron chi connectivity index (χ2n) is 7.53. The summed E-state index contributed by atoms with van der Waals surface area (Å²) in [7, 11) is -4.48. The molecule has 0 atom stereocenters. The molecule has 2 saturated heterocycles. The molecule has 0 radical (unpaired) electrons. The molecule has 10 heteroatoms. The number of aliphatic imine (C=N–C) groups is 1. The molecule has 2 aliphatic heterocycles. The third-order valence-electron chi connectivity index (χ3n) is 5.15. The minimum absolute atomic E-state index is 0.132. The van der Waals surface area contributed by atoms with Gasteiger partial charge in [0.25, 0.3) is 0 Å². The van der Waals surface area contributed by atoms with E-state index in [1.807, 2.05) is 4.90 Å². The molecule has 1 N–H and O–H groups in total. The van der Waals surface area contributed by atoms with Crippen molar-refractivity contribution in [1.82, 2.24) is 14.5 Å². The van der Waals surface area contributed by atoms with Gasteiger partial charge in [-0.1, -0.05) is 0 Å². The number of hydrogen-bond donors (Lipinski definition) is 1. The Bertz CT molecular complexity index is 708. The Morgan fingerprint density at radius 3 is 2.32 bits per heavy atom. The van der Waals surface area contributed by atoms with Gasteiger partial charge in [-0.3, -0.25) is 4.99 Å². The highest BCUT2D eigenvalue weighted by Crippen LogP contribution is 2.24. The summed E-state index contributed by atoms with van der Waals surface area (Å²) in [6.07, 6.45) is 2.88. The molecule has 0 aromatic heterocycles. The van der Waals surface area contributed by atoms with Crippen molar-refractivity contribution in [1.29, 1.82) is 0 Å². The summed E-state index contributed by atoms with van der Waals surface area (Å²) < 4.78 is 48.1. The van der Waals surface area contributed by atoms with Crippen molar-refractivity contribution < 1.29 is 16.8 Å². The minimum atomic E-state index is -3.10. The number of sulfonamides is 1.